The smallest absolute Gasteiger partial charge is 0.259 e. The van der Waals surface area contributed by atoms with E-state index in [0.29, 0.717) is 11.6 Å². The maximum Gasteiger partial charge on any atom is 0.259 e. The number of hydrogen-bond donors (Lipinski definition) is 0. The SMILES string of the molecule is CC.CC1C=C2CC(C(F)F)N(C(=O)CCl)C2=CC1. The molecule has 19 heavy (non-hydrogen) atoms. The Hall–Kier alpha value is -0.900. The minimum absolute atomic E-state index is 0.233. The third-order valence-electron chi connectivity index (χ3n) is 3.19. The minimum atomic E-state index is -2.54. The van der Waals surface area contributed by atoms with Crippen LogP contribution in [0, 0.1) is 5.92 Å². The van der Waals surface area contributed by atoms with Gasteiger partial charge in [-0.15, -0.1) is 11.6 Å². The Bertz CT molecular complexity index is 393. The predicted octanol–water partition coefficient (Wildman–Crippen LogP) is 3.97. The Balaban J connectivity index is 0.000000861. The molecule has 0 spiro atoms. The monoisotopic (exact) mass is 291 g/mol. The summed E-state index contributed by atoms with van der Waals surface area (Å²) in [7, 11) is 0. The molecule has 0 bridgehead atoms. The minimum Gasteiger partial charge on any atom is -0.302 e. The number of hydrogen-bond acceptors (Lipinski definition) is 1. The molecule has 2 nitrogen and oxygen atoms in total. The van der Waals surface area contributed by atoms with E-state index in [-0.39, 0.29) is 12.3 Å². The number of amides is 1. The Morgan fingerprint density at radius 1 is 1.53 bits per heavy atom. The van der Waals surface area contributed by atoms with Crippen LogP contribution in [0.1, 0.15) is 33.6 Å². The molecule has 0 saturated carbocycles. The van der Waals surface area contributed by atoms with Crippen LogP contribution in [0.4, 0.5) is 8.78 Å². The van der Waals surface area contributed by atoms with Crippen molar-refractivity contribution in [3.05, 3.63) is 23.4 Å². The van der Waals surface area contributed by atoms with Crippen LogP contribution in [0.3, 0.4) is 0 Å². The highest BCUT2D eigenvalue weighted by Gasteiger charge is 2.41. The number of fused-ring (bicyclic) bond motifs is 1. The van der Waals surface area contributed by atoms with Crippen molar-refractivity contribution < 1.29 is 13.6 Å². The molecule has 0 aromatic heterocycles. The summed E-state index contributed by atoms with van der Waals surface area (Å²) in [4.78, 5) is 12.8. The van der Waals surface area contributed by atoms with Gasteiger partial charge >= 0.3 is 0 Å². The van der Waals surface area contributed by atoms with E-state index in [9.17, 15) is 13.6 Å². The molecule has 0 aromatic rings. The summed E-state index contributed by atoms with van der Waals surface area (Å²) in [6.45, 7) is 6.03. The van der Waals surface area contributed by atoms with Gasteiger partial charge in [-0.1, -0.05) is 32.9 Å². The molecule has 2 aliphatic rings. The Morgan fingerprint density at radius 3 is 2.68 bits per heavy atom. The number of nitrogens with zero attached hydrogens (tertiary/aromatic N) is 1. The molecule has 1 heterocycles. The summed E-state index contributed by atoms with van der Waals surface area (Å²) in [6, 6.07) is -1.05. The molecule has 1 fully saturated rings. The number of halogens is 3. The average Bonchev–Trinajstić information content (AvgIpc) is 2.78. The second kappa shape index (κ2) is 7.04. The van der Waals surface area contributed by atoms with Crippen molar-refractivity contribution in [2.24, 2.45) is 5.92 Å². The molecule has 2 atom stereocenters. The number of rotatable bonds is 2. The molecule has 1 aliphatic heterocycles. The van der Waals surface area contributed by atoms with Gasteiger partial charge in [-0.05, 0) is 17.9 Å². The van der Waals surface area contributed by atoms with Crippen molar-refractivity contribution in [2.75, 3.05) is 5.88 Å². The topological polar surface area (TPSA) is 20.3 Å². The van der Waals surface area contributed by atoms with Crippen LogP contribution < -0.4 is 0 Å². The van der Waals surface area contributed by atoms with Crippen LogP contribution in [0.25, 0.3) is 0 Å². The molecular formula is C14H20ClF2NO. The molecule has 1 saturated heterocycles. The lowest BCUT2D eigenvalue weighted by atomic mass is 9.95. The fourth-order valence-corrected chi connectivity index (χ4v) is 2.56. The van der Waals surface area contributed by atoms with Crippen LogP contribution in [0.5, 0.6) is 0 Å². The molecule has 0 radical (unpaired) electrons. The van der Waals surface area contributed by atoms with Crippen LogP contribution in [0.2, 0.25) is 0 Å². The third kappa shape index (κ3) is 3.35. The summed E-state index contributed by atoms with van der Waals surface area (Å²) in [5.74, 6) is -0.358. The first-order chi connectivity index (χ1) is 9.04. The van der Waals surface area contributed by atoms with E-state index in [2.05, 4.69) is 0 Å². The lowest BCUT2D eigenvalue weighted by molar-refractivity contribution is -0.130. The van der Waals surface area contributed by atoms with Gasteiger partial charge in [0.15, 0.2) is 0 Å². The zero-order chi connectivity index (χ0) is 14.6. The Morgan fingerprint density at radius 2 is 2.16 bits per heavy atom. The van der Waals surface area contributed by atoms with Crippen LogP contribution in [-0.2, 0) is 4.79 Å². The first-order valence-electron chi connectivity index (χ1n) is 6.62. The fourth-order valence-electron chi connectivity index (χ4n) is 2.43. The number of allylic oxidation sites excluding steroid dienone is 3. The number of carbonyl (C=O) groups is 1. The van der Waals surface area contributed by atoms with Crippen molar-refractivity contribution in [2.45, 2.75) is 46.1 Å². The van der Waals surface area contributed by atoms with E-state index in [1.807, 2.05) is 32.9 Å². The molecule has 2 unspecified atom stereocenters. The highest BCUT2D eigenvalue weighted by atomic mass is 35.5. The highest BCUT2D eigenvalue weighted by Crippen LogP contribution is 2.39. The summed E-state index contributed by atoms with van der Waals surface area (Å²) in [6.07, 6.45) is 2.32. The van der Waals surface area contributed by atoms with Crippen molar-refractivity contribution in [1.82, 2.24) is 4.90 Å². The van der Waals surface area contributed by atoms with Gasteiger partial charge in [-0.2, -0.15) is 0 Å². The largest absolute Gasteiger partial charge is 0.302 e. The molecule has 0 aromatic carbocycles. The molecule has 108 valence electrons. The van der Waals surface area contributed by atoms with Gasteiger partial charge in [-0.3, -0.25) is 4.79 Å². The highest BCUT2D eigenvalue weighted by molar-refractivity contribution is 6.27. The van der Waals surface area contributed by atoms with E-state index in [4.69, 9.17) is 11.6 Å². The summed E-state index contributed by atoms with van der Waals surface area (Å²) in [5, 5.41) is 0. The summed E-state index contributed by atoms with van der Waals surface area (Å²) in [5.41, 5.74) is 1.49. The third-order valence-corrected chi connectivity index (χ3v) is 3.42. The lowest BCUT2D eigenvalue weighted by Gasteiger charge is -2.25. The normalized spacial score (nSPS) is 25.3. The second-order valence-electron chi connectivity index (χ2n) is 4.50. The van der Waals surface area contributed by atoms with Gasteiger partial charge in [0, 0.05) is 12.1 Å². The number of alkyl halides is 3. The second-order valence-corrected chi connectivity index (χ2v) is 4.76. The van der Waals surface area contributed by atoms with E-state index in [1.54, 1.807) is 0 Å². The number of likely N-dealkylation sites (tertiary alicyclic amines) is 1. The first kappa shape index (κ1) is 16.2. The number of carbonyl (C=O) groups excluding carboxylic acids is 1. The Kier molecular flexibility index (Phi) is 5.98. The molecule has 1 amide bonds. The maximum absolute atomic E-state index is 12.9. The molecule has 5 heteroatoms. The van der Waals surface area contributed by atoms with Crippen molar-refractivity contribution in [3.63, 3.8) is 0 Å². The molecule has 0 N–H and O–H groups in total. The van der Waals surface area contributed by atoms with E-state index >= 15 is 0 Å². The molecule has 1 aliphatic carbocycles. The molecular weight excluding hydrogens is 272 g/mol. The maximum atomic E-state index is 12.9. The first-order valence-corrected chi connectivity index (χ1v) is 7.15. The lowest BCUT2D eigenvalue weighted by Crippen LogP contribution is -2.39. The zero-order valence-corrected chi connectivity index (χ0v) is 12.3. The van der Waals surface area contributed by atoms with Gasteiger partial charge in [0.05, 0.1) is 0 Å². The van der Waals surface area contributed by atoms with Crippen molar-refractivity contribution in [1.29, 1.82) is 0 Å². The van der Waals surface area contributed by atoms with Crippen LogP contribution in [0.15, 0.2) is 23.4 Å². The summed E-state index contributed by atoms with van der Waals surface area (Å²) < 4.78 is 25.9. The Labute approximate surface area is 118 Å². The molecule has 2 rings (SSSR count). The van der Waals surface area contributed by atoms with Crippen molar-refractivity contribution >= 4 is 17.5 Å². The zero-order valence-electron chi connectivity index (χ0n) is 11.5. The fraction of sp³-hybridized carbons (Fsp3) is 0.643. The quantitative estimate of drug-likeness (QED) is 0.705. The van der Waals surface area contributed by atoms with E-state index < -0.39 is 18.4 Å². The average molecular weight is 292 g/mol. The van der Waals surface area contributed by atoms with Crippen molar-refractivity contribution in [3.8, 4) is 0 Å². The van der Waals surface area contributed by atoms with E-state index in [1.165, 1.54) is 4.90 Å². The van der Waals surface area contributed by atoms with Gasteiger partial charge in [0.2, 0.25) is 5.91 Å². The van der Waals surface area contributed by atoms with Gasteiger partial charge in [0.1, 0.15) is 11.9 Å². The van der Waals surface area contributed by atoms with Crippen LogP contribution >= 0.6 is 11.6 Å². The van der Waals surface area contributed by atoms with E-state index in [0.717, 1.165) is 12.0 Å². The van der Waals surface area contributed by atoms with Gasteiger partial charge < -0.3 is 4.90 Å². The van der Waals surface area contributed by atoms with Gasteiger partial charge in [-0.25, -0.2) is 8.78 Å². The standard InChI is InChI=1S/C12H14ClF2NO.C2H6/c1-7-2-3-9-8(4-7)5-10(12(14)15)16(9)11(17)6-13;1-2/h3-4,7,10,12H,2,5-6H2,1H3;1-2H3. The van der Waals surface area contributed by atoms with Crippen LogP contribution in [-0.4, -0.2) is 29.2 Å². The summed E-state index contributed by atoms with van der Waals surface area (Å²) >= 11 is 5.48. The van der Waals surface area contributed by atoms with Gasteiger partial charge in [0.25, 0.3) is 6.43 Å². The predicted molar refractivity (Wildman–Crippen MR) is 73.3 cm³/mol.